The Labute approximate surface area is 98.1 Å². The molecule has 0 radical (unpaired) electrons. The van der Waals surface area contributed by atoms with E-state index in [9.17, 15) is 0 Å². The third-order valence-electron chi connectivity index (χ3n) is 2.60. The van der Waals surface area contributed by atoms with E-state index < -0.39 is 0 Å². The van der Waals surface area contributed by atoms with Crippen LogP contribution in [0.4, 0.5) is 0 Å². The molecule has 1 aromatic rings. The number of hydrogen-bond acceptors (Lipinski definition) is 1. The predicted molar refractivity (Wildman–Crippen MR) is 66.9 cm³/mol. The first-order valence-corrected chi connectivity index (χ1v) is 7.54. The summed E-state index contributed by atoms with van der Waals surface area (Å²) in [6.45, 7) is 3.38. The Balaban J connectivity index is 2.05. The Morgan fingerprint density at radius 2 is 2.20 bits per heavy atom. The molecular formula is C13H17NSe. The van der Waals surface area contributed by atoms with E-state index >= 15 is 0 Å². The molecule has 0 amide bonds. The number of hydrogen-bond donors (Lipinski definition) is 1. The number of fused-ring (bicyclic) bond motifs is 1. The summed E-state index contributed by atoms with van der Waals surface area (Å²) in [6.07, 6.45) is 4.80. The normalized spacial score (nSPS) is 18.9. The van der Waals surface area contributed by atoms with Crippen molar-refractivity contribution in [3.63, 3.8) is 0 Å². The minimum atomic E-state index is 0.572. The quantitative estimate of drug-likeness (QED) is 0.652. The molecule has 1 heterocycles. The predicted octanol–water partition coefficient (Wildman–Crippen LogP) is 2.76. The van der Waals surface area contributed by atoms with Crippen LogP contribution in [0.3, 0.4) is 0 Å². The molecule has 1 aromatic carbocycles. The molecule has 0 aromatic heterocycles. The van der Waals surface area contributed by atoms with Crippen LogP contribution in [0.5, 0.6) is 0 Å². The van der Waals surface area contributed by atoms with Gasteiger partial charge < -0.3 is 0 Å². The van der Waals surface area contributed by atoms with Crippen molar-refractivity contribution in [1.29, 1.82) is 0 Å². The Morgan fingerprint density at radius 1 is 1.33 bits per heavy atom. The van der Waals surface area contributed by atoms with Crippen LogP contribution >= 0.6 is 0 Å². The molecule has 0 aliphatic carbocycles. The topological polar surface area (TPSA) is 12.0 Å². The van der Waals surface area contributed by atoms with Crippen molar-refractivity contribution in [2.24, 2.45) is 0 Å². The molecule has 2 rings (SSSR count). The van der Waals surface area contributed by atoms with Crippen LogP contribution in [-0.2, 0) is 0 Å². The van der Waals surface area contributed by atoms with E-state index in [1.165, 1.54) is 24.0 Å². The van der Waals surface area contributed by atoms with Crippen LogP contribution in [-0.4, -0.2) is 21.5 Å². The van der Waals surface area contributed by atoms with Gasteiger partial charge in [-0.1, -0.05) is 0 Å². The summed E-state index contributed by atoms with van der Waals surface area (Å²) in [6, 6.07) is 8.72. The summed E-state index contributed by atoms with van der Waals surface area (Å²) in [5.74, 6) is 0. The molecule has 1 unspecified atom stereocenters. The zero-order valence-corrected chi connectivity index (χ0v) is 10.8. The maximum atomic E-state index is 3.66. The van der Waals surface area contributed by atoms with Gasteiger partial charge in [0.15, 0.2) is 0 Å². The number of unbranched alkanes of at least 4 members (excludes halogenated alkanes) is 1. The standard InChI is InChI=1S/C13H17NSe/c1-2-3-9-14-13-12-7-5-4-6-11(12)8-10-15-13/h4-8,10,13-14H,2-3,9H2,1H3. The number of nitrogens with one attached hydrogen (secondary N) is 1. The van der Waals surface area contributed by atoms with Crippen LogP contribution in [0, 0.1) is 0 Å². The van der Waals surface area contributed by atoms with Crippen LogP contribution in [0.15, 0.2) is 29.2 Å². The molecule has 2 heteroatoms. The molecule has 1 nitrogen and oxygen atoms in total. The second-order valence-corrected chi connectivity index (χ2v) is 5.89. The number of benzene rings is 1. The second kappa shape index (κ2) is 5.50. The van der Waals surface area contributed by atoms with Crippen molar-refractivity contribution in [3.8, 4) is 0 Å². The monoisotopic (exact) mass is 267 g/mol. The summed E-state index contributed by atoms with van der Waals surface area (Å²) in [4.78, 5) is 2.92. The molecule has 0 spiro atoms. The first-order chi connectivity index (χ1) is 7.42. The molecule has 0 saturated carbocycles. The van der Waals surface area contributed by atoms with Crippen LogP contribution in [0.2, 0.25) is 0 Å². The molecule has 1 aliphatic heterocycles. The maximum absolute atomic E-state index is 3.66. The molecule has 80 valence electrons. The summed E-state index contributed by atoms with van der Waals surface area (Å²) in [7, 11) is 0. The fourth-order valence-corrected chi connectivity index (χ4v) is 3.74. The van der Waals surface area contributed by atoms with Crippen molar-refractivity contribution >= 4 is 21.0 Å². The van der Waals surface area contributed by atoms with Gasteiger partial charge in [0.25, 0.3) is 0 Å². The molecule has 1 atom stereocenters. The van der Waals surface area contributed by atoms with Gasteiger partial charge in [-0.15, -0.1) is 0 Å². The zero-order valence-electron chi connectivity index (χ0n) is 9.07. The van der Waals surface area contributed by atoms with Crippen LogP contribution < -0.4 is 5.32 Å². The summed E-state index contributed by atoms with van der Waals surface area (Å²) < 4.78 is 0. The Hall–Kier alpha value is -0.561. The Morgan fingerprint density at radius 3 is 3.07 bits per heavy atom. The van der Waals surface area contributed by atoms with Crippen LogP contribution in [0.1, 0.15) is 35.8 Å². The summed E-state index contributed by atoms with van der Waals surface area (Å²) in [5.41, 5.74) is 2.87. The van der Waals surface area contributed by atoms with Gasteiger partial charge in [0.2, 0.25) is 0 Å². The van der Waals surface area contributed by atoms with Crippen molar-refractivity contribution < 1.29 is 0 Å². The molecule has 15 heavy (non-hydrogen) atoms. The van der Waals surface area contributed by atoms with Crippen LogP contribution in [0.25, 0.3) is 6.08 Å². The average Bonchev–Trinajstić information content (AvgIpc) is 2.30. The van der Waals surface area contributed by atoms with E-state index in [-0.39, 0.29) is 0 Å². The first kappa shape index (κ1) is 10.9. The minimum absolute atomic E-state index is 0.572. The summed E-state index contributed by atoms with van der Waals surface area (Å²) in [5, 5.41) is 3.66. The SMILES string of the molecule is CCCCNC1[Se]C=Cc2ccccc21. The molecule has 0 fully saturated rings. The molecule has 1 N–H and O–H groups in total. The van der Waals surface area contributed by atoms with E-state index in [1.807, 2.05) is 0 Å². The van der Waals surface area contributed by atoms with Gasteiger partial charge in [0.05, 0.1) is 0 Å². The van der Waals surface area contributed by atoms with Crippen molar-refractivity contribution in [2.45, 2.75) is 24.7 Å². The van der Waals surface area contributed by atoms with E-state index in [0.29, 0.717) is 19.9 Å². The number of rotatable bonds is 4. The van der Waals surface area contributed by atoms with Crippen molar-refractivity contribution in [2.75, 3.05) is 6.54 Å². The van der Waals surface area contributed by atoms with Gasteiger partial charge in [-0.3, -0.25) is 0 Å². The second-order valence-electron chi connectivity index (χ2n) is 3.76. The first-order valence-electron chi connectivity index (χ1n) is 5.56. The molecular weight excluding hydrogens is 249 g/mol. The van der Waals surface area contributed by atoms with Gasteiger partial charge in [0.1, 0.15) is 0 Å². The molecule has 0 bridgehead atoms. The molecule has 0 saturated heterocycles. The van der Waals surface area contributed by atoms with E-state index in [4.69, 9.17) is 0 Å². The average molecular weight is 266 g/mol. The van der Waals surface area contributed by atoms with Crippen molar-refractivity contribution in [3.05, 3.63) is 40.4 Å². The fourth-order valence-electron chi connectivity index (χ4n) is 1.73. The zero-order chi connectivity index (χ0) is 10.5. The molecule has 1 aliphatic rings. The third-order valence-corrected chi connectivity index (χ3v) is 4.67. The summed E-state index contributed by atoms with van der Waals surface area (Å²) >= 11 is 0.572. The Bertz CT molecular complexity index is 346. The fraction of sp³-hybridized carbons (Fsp3) is 0.385. The Kier molecular flexibility index (Phi) is 4.01. The van der Waals surface area contributed by atoms with Gasteiger partial charge >= 0.3 is 98.0 Å². The van der Waals surface area contributed by atoms with Gasteiger partial charge in [-0.2, -0.15) is 0 Å². The van der Waals surface area contributed by atoms with E-state index in [0.717, 1.165) is 6.54 Å². The third kappa shape index (κ3) is 2.72. The van der Waals surface area contributed by atoms with Crippen molar-refractivity contribution in [1.82, 2.24) is 5.32 Å². The van der Waals surface area contributed by atoms with Gasteiger partial charge in [0, 0.05) is 0 Å². The van der Waals surface area contributed by atoms with Gasteiger partial charge in [-0.25, -0.2) is 0 Å². The van der Waals surface area contributed by atoms with E-state index in [1.54, 1.807) is 0 Å². The van der Waals surface area contributed by atoms with Gasteiger partial charge in [-0.05, 0) is 0 Å². The van der Waals surface area contributed by atoms with E-state index in [2.05, 4.69) is 47.6 Å².